The molecule has 1 aliphatic rings. The lowest BCUT2D eigenvalue weighted by atomic mass is 9.98. The van der Waals surface area contributed by atoms with Crippen molar-refractivity contribution < 1.29 is 14.5 Å². The highest BCUT2D eigenvalue weighted by Gasteiger charge is 2.31. The van der Waals surface area contributed by atoms with Gasteiger partial charge in [0.25, 0.3) is 5.69 Å². The second-order valence-corrected chi connectivity index (χ2v) is 7.55. The van der Waals surface area contributed by atoms with Crippen molar-refractivity contribution in [1.82, 2.24) is 10.2 Å². The number of carbonyl (C=O) groups is 1. The first kappa shape index (κ1) is 19.2. The maximum atomic E-state index is 12.2. The molecule has 1 aliphatic heterocycles. The molecule has 2 unspecified atom stereocenters. The zero-order valence-corrected chi connectivity index (χ0v) is 15.3. The predicted molar refractivity (Wildman–Crippen MR) is 95.4 cm³/mol. The summed E-state index contributed by atoms with van der Waals surface area (Å²) in [6.45, 7) is 8.95. The number of hydrogen-bond acceptors (Lipinski definition) is 5. The second kappa shape index (κ2) is 7.82. The van der Waals surface area contributed by atoms with Crippen molar-refractivity contribution in [3.8, 4) is 0 Å². The van der Waals surface area contributed by atoms with Crippen LogP contribution in [0.25, 0.3) is 0 Å². The highest BCUT2D eigenvalue weighted by molar-refractivity contribution is 5.68. The Hall–Kier alpha value is -2.15. The summed E-state index contributed by atoms with van der Waals surface area (Å²) in [5.74, 6) is 0. The molecule has 138 valence electrons. The molecule has 1 saturated heterocycles. The molecule has 0 saturated carbocycles. The molecule has 7 heteroatoms. The topological polar surface area (TPSA) is 84.7 Å². The average Bonchev–Trinajstić information content (AvgIpc) is 2.51. The van der Waals surface area contributed by atoms with Gasteiger partial charge in [0.2, 0.25) is 0 Å². The number of nitrogens with one attached hydrogen (secondary N) is 1. The van der Waals surface area contributed by atoms with E-state index in [0.29, 0.717) is 19.1 Å². The van der Waals surface area contributed by atoms with Crippen LogP contribution in [0, 0.1) is 10.1 Å². The van der Waals surface area contributed by atoms with Crippen molar-refractivity contribution in [2.45, 2.75) is 64.8 Å². The van der Waals surface area contributed by atoms with E-state index in [4.69, 9.17) is 4.74 Å². The summed E-state index contributed by atoms with van der Waals surface area (Å²) in [5.41, 5.74) is 0.623. The normalized spacial score (nSPS) is 21.0. The zero-order valence-electron chi connectivity index (χ0n) is 15.3. The van der Waals surface area contributed by atoms with Crippen molar-refractivity contribution in [2.24, 2.45) is 0 Å². The molecule has 1 aromatic rings. The minimum atomic E-state index is -0.484. The Morgan fingerprint density at radius 1 is 1.36 bits per heavy atom. The van der Waals surface area contributed by atoms with Crippen molar-refractivity contribution in [3.05, 3.63) is 39.9 Å². The van der Waals surface area contributed by atoms with Gasteiger partial charge in [-0.05, 0) is 46.1 Å². The van der Waals surface area contributed by atoms with E-state index in [0.717, 1.165) is 18.4 Å². The fourth-order valence-electron chi connectivity index (χ4n) is 2.95. The number of rotatable bonds is 4. The van der Waals surface area contributed by atoms with Gasteiger partial charge in [0.15, 0.2) is 0 Å². The summed E-state index contributed by atoms with van der Waals surface area (Å²) in [6, 6.07) is 6.99. The largest absolute Gasteiger partial charge is 0.444 e. The van der Waals surface area contributed by atoms with Gasteiger partial charge in [-0.15, -0.1) is 0 Å². The highest BCUT2D eigenvalue weighted by atomic mass is 16.6. The van der Waals surface area contributed by atoms with E-state index in [9.17, 15) is 14.9 Å². The van der Waals surface area contributed by atoms with Crippen LogP contribution in [0.3, 0.4) is 0 Å². The number of nitro groups is 1. The lowest BCUT2D eigenvalue weighted by Gasteiger charge is -2.38. The van der Waals surface area contributed by atoms with Crippen LogP contribution < -0.4 is 5.32 Å². The number of benzene rings is 1. The maximum Gasteiger partial charge on any atom is 0.410 e. The molecular weight excluding hydrogens is 322 g/mol. The first-order valence-electron chi connectivity index (χ1n) is 8.62. The Kier molecular flexibility index (Phi) is 6.00. The lowest BCUT2D eigenvalue weighted by Crippen LogP contribution is -2.50. The molecule has 1 aromatic carbocycles. The molecule has 1 fully saturated rings. The summed E-state index contributed by atoms with van der Waals surface area (Å²) in [5, 5.41) is 14.1. The predicted octanol–water partition coefficient (Wildman–Crippen LogP) is 3.47. The molecule has 1 amide bonds. The van der Waals surface area contributed by atoms with Gasteiger partial charge in [-0.1, -0.05) is 12.1 Å². The van der Waals surface area contributed by atoms with E-state index in [1.165, 1.54) is 12.1 Å². The Morgan fingerprint density at radius 2 is 2.00 bits per heavy atom. The van der Waals surface area contributed by atoms with Crippen LogP contribution in [0.2, 0.25) is 0 Å². The first-order valence-corrected chi connectivity index (χ1v) is 8.62. The molecule has 25 heavy (non-hydrogen) atoms. The van der Waals surface area contributed by atoms with E-state index >= 15 is 0 Å². The third-order valence-electron chi connectivity index (χ3n) is 4.25. The molecule has 0 aliphatic carbocycles. The number of nitrogens with zero attached hydrogens (tertiary/aromatic N) is 2. The van der Waals surface area contributed by atoms with Crippen LogP contribution >= 0.6 is 0 Å². The molecule has 1 heterocycles. The highest BCUT2D eigenvalue weighted by Crippen LogP contribution is 2.21. The maximum absolute atomic E-state index is 12.2. The van der Waals surface area contributed by atoms with Crippen LogP contribution in [0.1, 0.15) is 46.1 Å². The number of hydrogen-bond donors (Lipinski definition) is 1. The van der Waals surface area contributed by atoms with Gasteiger partial charge in [-0.2, -0.15) is 0 Å². The molecule has 0 radical (unpaired) electrons. The number of nitro benzene ring substituents is 1. The Labute approximate surface area is 148 Å². The van der Waals surface area contributed by atoms with Gasteiger partial charge in [0.05, 0.1) is 4.92 Å². The quantitative estimate of drug-likeness (QED) is 0.664. The molecule has 0 aromatic heterocycles. The molecule has 0 bridgehead atoms. The van der Waals surface area contributed by atoms with Gasteiger partial charge >= 0.3 is 6.09 Å². The van der Waals surface area contributed by atoms with E-state index in [1.54, 1.807) is 17.0 Å². The summed E-state index contributed by atoms with van der Waals surface area (Å²) in [6.07, 6.45) is 1.46. The van der Waals surface area contributed by atoms with E-state index in [-0.39, 0.29) is 17.8 Å². The standard InChI is InChI=1S/C18H27N3O4/c1-13-11-15(9-10-20(13)17(22)25-18(2,3)4)19-12-14-5-7-16(8-6-14)21(23)24/h5-8,13,15,19H,9-12H2,1-4H3. The molecule has 1 N–H and O–H groups in total. The van der Waals surface area contributed by atoms with Gasteiger partial charge in [0.1, 0.15) is 5.60 Å². The van der Waals surface area contributed by atoms with Crippen molar-refractivity contribution in [3.63, 3.8) is 0 Å². The lowest BCUT2D eigenvalue weighted by molar-refractivity contribution is -0.384. The number of amides is 1. The molecule has 7 nitrogen and oxygen atoms in total. The Morgan fingerprint density at radius 3 is 2.52 bits per heavy atom. The number of piperidine rings is 1. The zero-order chi connectivity index (χ0) is 18.6. The van der Waals surface area contributed by atoms with E-state index < -0.39 is 10.5 Å². The van der Waals surface area contributed by atoms with Crippen LogP contribution in [0.4, 0.5) is 10.5 Å². The molecule has 2 atom stereocenters. The Balaban J connectivity index is 1.82. The van der Waals surface area contributed by atoms with Crippen molar-refractivity contribution in [1.29, 1.82) is 0 Å². The van der Waals surface area contributed by atoms with Crippen molar-refractivity contribution >= 4 is 11.8 Å². The summed E-state index contributed by atoms with van der Waals surface area (Å²) in [7, 11) is 0. The average molecular weight is 349 g/mol. The van der Waals surface area contributed by atoms with Gasteiger partial charge in [-0.25, -0.2) is 4.79 Å². The number of likely N-dealkylation sites (tertiary alicyclic amines) is 1. The smallest absolute Gasteiger partial charge is 0.410 e. The fraction of sp³-hybridized carbons (Fsp3) is 0.611. The van der Waals surface area contributed by atoms with Crippen LogP contribution in [-0.2, 0) is 11.3 Å². The fourth-order valence-corrected chi connectivity index (χ4v) is 2.95. The van der Waals surface area contributed by atoms with Crippen molar-refractivity contribution in [2.75, 3.05) is 6.54 Å². The third-order valence-corrected chi connectivity index (χ3v) is 4.25. The minimum Gasteiger partial charge on any atom is -0.444 e. The SMILES string of the molecule is CC1CC(NCc2ccc([N+](=O)[O-])cc2)CCN1C(=O)OC(C)(C)C. The van der Waals surface area contributed by atoms with Crippen LogP contribution in [-0.4, -0.2) is 40.1 Å². The van der Waals surface area contributed by atoms with E-state index in [2.05, 4.69) is 5.32 Å². The van der Waals surface area contributed by atoms with Gasteiger partial charge in [-0.3, -0.25) is 10.1 Å². The van der Waals surface area contributed by atoms with E-state index in [1.807, 2.05) is 27.7 Å². The number of non-ortho nitro benzene ring substituents is 1. The number of carbonyl (C=O) groups excluding carboxylic acids is 1. The number of ether oxygens (including phenoxy) is 1. The second-order valence-electron chi connectivity index (χ2n) is 7.55. The van der Waals surface area contributed by atoms with Gasteiger partial charge < -0.3 is 15.0 Å². The molecule has 0 spiro atoms. The monoisotopic (exact) mass is 349 g/mol. The Bertz CT molecular complexity index is 610. The summed E-state index contributed by atoms with van der Waals surface area (Å²) in [4.78, 5) is 24.3. The van der Waals surface area contributed by atoms with Crippen LogP contribution in [0.15, 0.2) is 24.3 Å². The minimum absolute atomic E-state index is 0.100. The third kappa shape index (κ3) is 5.70. The van der Waals surface area contributed by atoms with Gasteiger partial charge in [0, 0.05) is 37.3 Å². The summed E-state index contributed by atoms with van der Waals surface area (Å²) < 4.78 is 5.45. The van der Waals surface area contributed by atoms with Crippen LogP contribution in [0.5, 0.6) is 0 Å². The first-order chi connectivity index (χ1) is 11.7. The summed E-state index contributed by atoms with van der Waals surface area (Å²) >= 11 is 0. The molecular formula is C18H27N3O4. The molecule has 2 rings (SSSR count).